The molecule has 1 aromatic rings. The zero-order valence-electron chi connectivity index (χ0n) is 9.10. The van der Waals surface area contributed by atoms with Crippen LogP contribution < -0.4 is 0 Å². The van der Waals surface area contributed by atoms with Crippen molar-refractivity contribution in [2.45, 2.75) is 38.2 Å². The van der Waals surface area contributed by atoms with E-state index >= 15 is 0 Å². The van der Waals surface area contributed by atoms with Gasteiger partial charge in [0.2, 0.25) is 0 Å². The van der Waals surface area contributed by atoms with Crippen molar-refractivity contribution in [2.75, 3.05) is 6.61 Å². The van der Waals surface area contributed by atoms with Crippen LogP contribution in [-0.4, -0.2) is 22.9 Å². The van der Waals surface area contributed by atoms with Gasteiger partial charge in [0.1, 0.15) is 0 Å². The van der Waals surface area contributed by atoms with Gasteiger partial charge < -0.3 is 10.2 Å². The fraction of sp³-hybridized carbons (Fsp3) is 0.538. The number of rotatable bonds is 7. The second-order valence-electron chi connectivity index (χ2n) is 3.90. The Bertz CT molecular complexity index is 246. The van der Waals surface area contributed by atoms with E-state index in [4.69, 9.17) is 5.11 Å². The van der Waals surface area contributed by atoms with Crippen molar-refractivity contribution in [3.63, 3.8) is 0 Å². The summed E-state index contributed by atoms with van der Waals surface area (Å²) in [5, 5.41) is 18.3. The topological polar surface area (TPSA) is 40.5 Å². The van der Waals surface area contributed by atoms with Crippen LogP contribution in [0.5, 0.6) is 0 Å². The van der Waals surface area contributed by atoms with Crippen molar-refractivity contribution >= 4 is 0 Å². The van der Waals surface area contributed by atoms with Crippen LogP contribution in [0.1, 0.15) is 31.2 Å². The van der Waals surface area contributed by atoms with E-state index in [0.29, 0.717) is 0 Å². The van der Waals surface area contributed by atoms with Crippen LogP contribution in [0, 0.1) is 0 Å². The van der Waals surface area contributed by atoms with E-state index in [9.17, 15) is 5.11 Å². The molecule has 1 atom stereocenters. The Morgan fingerprint density at radius 1 is 1.00 bits per heavy atom. The highest BCUT2D eigenvalue weighted by atomic mass is 16.3. The van der Waals surface area contributed by atoms with E-state index < -0.39 is 0 Å². The molecule has 0 aliphatic rings. The Labute approximate surface area is 91.6 Å². The molecule has 0 unspecified atom stereocenters. The fourth-order valence-electron chi connectivity index (χ4n) is 1.61. The summed E-state index contributed by atoms with van der Waals surface area (Å²) in [6.45, 7) is 0.228. The molecule has 15 heavy (non-hydrogen) atoms. The summed E-state index contributed by atoms with van der Waals surface area (Å²) >= 11 is 0. The van der Waals surface area contributed by atoms with Crippen LogP contribution in [0.4, 0.5) is 0 Å². The molecule has 0 aromatic heterocycles. The molecule has 0 heterocycles. The second kappa shape index (κ2) is 7.43. The highest BCUT2D eigenvalue weighted by molar-refractivity contribution is 5.14. The molecule has 84 valence electrons. The van der Waals surface area contributed by atoms with Crippen molar-refractivity contribution in [3.8, 4) is 0 Å². The van der Waals surface area contributed by atoms with E-state index in [1.807, 2.05) is 18.2 Å². The predicted octanol–water partition coefficient (Wildman–Crippen LogP) is 2.14. The highest BCUT2D eigenvalue weighted by Crippen LogP contribution is 2.09. The normalized spacial score (nSPS) is 12.7. The summed E-state index contributed by atoms with van der Waals surface area (Å²) in [5.41, 5.74) is 1.28. The van der Waals surface area contributed by atoms with E-state index in [-0.39, 0.29) is 12.7 Å². The molecular weight excluding hydrogens is 188 g/mol. The standard InChI is InChI=1S/C13H20O2/c14-11-5-4-8-13(15)10-9-12-6-2-1-3-7-12/h1-3,6-7,13-15H,4-5,8-11H2/t13-/m1/s1. The Morgan fingerprint density at radius 2 is 1.73 bits per heavy atom. The minimum absolute atomic E-state index is 0.225. The summed E-state index contributed by atoms with van der Waals surface area (Å²) in [5.74, 6) is 0. The lowest BCUT2D eigenvalue weighted by atomic mass is 10.0. The van der Waals surface area contributed by atoms with Crippen molar-refractivity contribution in [2.24, 2.45) is 0 Å². The maximum Gasteiger partial charge on any atom is 0.0543 e. The van der Waals surface area contributed by atoms with Crippen molar-refractivity contribution in [1.29, 1.82) is 0 Å². The summed E-state index contributed by atoms with van der Waals surface area (Å²) in [7, 11) is 0. The summed E-state index contributed by atoms with van der Waals surface area (Å²) < 4.78 is 0. The van der Waals surface area contributed by atoms with Gasteiger partial charge in [-0.1, -0.05) is 30.3 Å². The monoisotopic (exact) mass is 208 g/mol. The molecule has 0 radical (unpaired) electrons. The Hall–Kier alpha value is -0.860. The van der Waals surface area contributed by atoms with Gasteiger partial charge in [0, 0.05) is 6.61 Å². The van der Waals surface area contributed by atoms with Gasteiger partial charge in [-0.15, -0.1) is 0 Å². The molecule has 0 bridgehead atoms. The van der Waals surface area contributed by atoms with Gasteiger partial charge in [-0.05, 0) is 37.7 Å². The van der Waals surface area contributed by atoms with Crippen LogP contribution in [0.25, 0.3) is 0 Å². The maximum absolute atomic E-state index is 9.66. The molecule has 1 rings (SSSR count). The predicted molar refractivity (Wildman–Crippen MR) is 61.7 cm³/mol. The van der Waals surface area contributed by atoms with Crippen molar-refractivity contribution < 1.29 is 10.2 Å². The Morgan fingerprint density at radius 3 is 2.40 bits per heavy atom. The van der Waals surface area contributed by atoms with E-state index in [2.05, 4.69) is 12.1 Å². The highest BCUT2D eigenvalue weighted by Gasteiger charge is 2.03. The first kappa shape index (κ1) is 12.2. The molecule has 2 heteroatoms. The fourth-order valence-corrected chi connectivity index (χ4v) is 1.61. The summed E-state index contributed by atoms with van der Waals surface area (Å²) in [6, 6.07) is 10.2. The lowest BCUT2D eigenvalue weighted by Crippen LogP contribution is -2.08. The van der Waals surface area contributed by atoms with Gasteiger partial charge in [-0.25, -0.2) is 0 Å². The van der Waals surface area contributed by atoms with Crippen LogP contribution >= 0.6 is 0 Å². The van der Waals surface area contributed by atoms with Crippen LogP contribution in [0.15, 0.2) is 30.3 Å². The number of aliphatic hydroxyl groups is 2. The lowest BCUT2D eigenvalue weighted by molar-refractivity contribution is 0.148. The van der Waals surface area contributed by atoms with Crippen LogP contribution in [0.3, 0.4) is 0 Å². The molecule has 2 N–H and O–H groups in total. The molecule has 0 aliphatic heterocycles. The Balaban J connectivity index is 2.14. The third-order valence-corrected chi connectivity index (χ3v) is 2.55. The van der Waals surface area contributed by atoms with Gasteiger partial charge in [0.25, 0.3) is 0 Å². The molecule has 1 aromatic carbocycles. The number of aliphatic hydroxyl groups excluding tert-OH is 2. The van der Waals surface area contributed by atoms with Gasteiger partial charge in [0.15, 0.2) is 0 Å². The van der Waals surface area contributed by atoms with Crippen molar-refractivity contribution in [3.05, 3.63) is 35.9 Å². The second-order valence-corrected chi connectivity index (χ2v) is 3.90. The maximum atomic E-state index is 9.66. The number of aryl methyl sites for hydroxylation is 1. The Kier molecular flexibility index (Phi) is 6.05. The molecule has 0 amide bonds. The van der Waals surface area contributed by atoms with E-state index in [1.54, 1.807) is 0 Å². The molecule has 0 saturated carbocycles. The molecule has 0 aliphatic carbocycles. The summed E-state index contributed by atoms with van der Waals surface area (Å²) in [4.78, 5) is 0. The number of benzene rings is 1. The number of hydrogen-bond donors (Lipinski definition) is 2. The zero-order valence-corrected chi connectivity index (χ0v) is 9.10. The molecule has 0 fully saturated rings. The van der Waals surface area contributed by atoms with Gasteiger partial charge in [-0.2, -0.15) is 0 Å². The molecular formula is C13H20O2. The van der Waals surface area contributed by atoms with Gasteiger partial charge in [0.05, 0.1) is 6.10 Å². The third-order valence-electron chi connectivity index (χ3n) is 2.55. The SMILES string of the molecule is OCCCC[C@@H](O)CCc1ccccc1. The largest absolute Gasteiger partial charge is 0.396 e. The van der Waals surface area contributed by atoms with E-state index in [1.165, 1.54) is 5.56 Å². The van der Waals surface area contributed by atoms with Crippen LogP contribution in [-0.2, 0) is 6.42 Å². The smallest absolute Gasteiger partial charge is 0.0543 e. The minimum Gasteiger partial charge on any atom is -0.396 e. The number of hydrogen-bond acceptors (Lipinski definition) is 2. The third kappa shape index (κ3) is 5.55. The first-order valence-corrected chi connectivity index (χ1v) is 5.66. The number of unbranched alkanes of at least 4 members (excludes halogenated alkanes) is 1. The lowest BCUT2D eigenvalue weighted by Gasteiger charge is -2.09. The summed E-state index contributed by atoms with van der Waals surface area (Å²) in [6.07, 6.45) is 4.02. The van der Waals surface area contributed by atoms with Crippen molar-refractivity contribution in [1.82, 2.24) is 0 Å². The first-order chi connectivity index (χ1) is 7.33. The van der Waals surface area contributed by atoms with Gasteiger partial charge >= 0.3 is 0 Å². The van der Waals surface area contributed by atoms with Gasteiger partial charge in [-0.3, -0.25) is 0 Å². The molecule has 0 saturated heterocycles. The zero-order chi connectivity index (χ0) is 10.9. The average molecular weight is 208 g/mol. The average Bonchev–Trinajstić information content (AvgIpc) is 2.28. The molecule has 0 spiro atoms. The quantitative estimate of drug-likeness (QED) is 0.674. The molecule has 2 nitrogen and oxygen atoms in total. The van der Waals surface area contributed by atoms with Crippen LogP contribution in [0.2, 0.25) is 0 Å². The minimum atomic E-state index is -0.225. The van der Waals surface area contributed by atoms with E-state index in [0.717, 1.165) is 32.1 Å². The first-order valence-electron chi connectivity index (χ1n) is 5.66.